The first kappa shape index (κ1) is 18.4. The molecule has 1 aliphatic heterocycles. The Kier molecular flexibility index (Phi) is 4.09. The maximum atomic E-state index is 12.9. The van der Waals surface area contributed by atoms with Crippen molar-refractivity contribution in [3.8, 4) is 0 Å². The topological polar surface area (TPSA) is 55.4 Å². The molecule has 152 valence electrons. The van der Waals surface area contributed by atoms with Crippen LogP contribution in [0.3, 0.4) is 0 Å². The fraction of sp³-hybridized carbons (Fsp3) is 0.750. The predicted octanol–water partition coefficient (Wildman–Crippen LogP) is 4.16. The summed E-state index contributed by atoms with van der Waals surface area (Å²) in [6.07, 6.45) is 11.3. The van der Waals surface area contributed by atoms with Crippen molar-refractivity contribution in [2.45, 2.75) is 70.3 Å². The lowest BCUT2D eigenvalue weighted by Crippen LogP contribution is -2.55. The molecule has 28 heavy (non-hydrogen) atoms. The highest BCUT2D eigenvalue weighted by atomic mass is 16.5. The molecule has 5 rings (SSSR count). The quantitative estimate of drug-likeness (QED) is 0.691. The maximum Gasteiger partial charge on any atom is 0.309 e. The van der Waals surface area contributed by atoms with Gasteiger partial charge in [-0.2, -0.15) is 0 Å². The molecular weight excluding hydrogens is 350 g/mol. The molecule has 4 nitrogen and oxygen atoms in total. The zero-order valence-electron chi connectivity index (χ0n) is 17.3. The lowest BCUT2D eigenvalue weighted by molar-refractivity contribution is -0.156. The van der Waals surface area contributed by atoms with E-state index in [0.717, 1.165) is 19.3 Å². The molecule has 5 aliphatic rings. The summed E-state index contributed by atoms with van der Waals surface area (Å²) in [5.41, 5.74) is 2.71. The third-order valence-electron chi connectivity index (χ3n) is 9.38. The highest BCUT2D eigenvalue weighted by Gasteiger charge is 2.62. The first-order chi connectivity index (χ1) is 13.4. The molecule has 1 N–H and O–H groups in total. The van der Waals surface area contributed by atoms with Gasteiger partial charge in [-0.25, -0.2) is 0 Å². The van der Waals surface area contributed by atoms with Crippen LogP contribution in [-0.2, 0) is 14.3 Å². The van der Waals surface area contributed by atoms with Crippen LogP contribution in [0.2, 0.25) is 0 Å². The van der Waals surface area contributed by atoms with Crippen LogP contribution >= 0.6 is 0 Å². The Morgan fingerprint density at radius 1 is 1.18 bits per heavy atom. The van der Waals surface area contributed by atoms with E-state index in [1.165, 1.54) is 44.1 Å². The molecule has 6 unspecified atom stereocenters. The molecule has 0 radical (unpaired) electrons. The number of nitrogens with one attached hydrogen (secondary N) is 1. The Labute approximate surface area is 168 Å². The summed E-state index contributed by atoms with van der Waals surface area (Å²) in [6, 6.07) is 0. The Bertz CT molecular complexity index is 770. The van der Waals surface area contributed by atoms with E-state index in [1.54, 1.807) is 0 Å². The maximum absolute atomic E-state index is 12.9. The highest BCUT2D eigenvalue weighted by Crippen LogP contribution is 2.65. The second kappa shape index (κ2) is 6.21. The van der Waals surface area contributed by atoms with Gasteiger partial charge in [-0.1, -0.05) is 19.1 Å². The number of rotatable bonds is 1. The smallest absolute Gasteiger partial charge is 0.309 e. The number of methoxy groups -OCH3 is 1. The summed E-state index contributed by atoms with van der Waals surface area (Å²) < 4.78 is 5.28. The van der Waals surface area contributed by atoms with Crippen LogP contribution in [-0.4, -0.2) is 24.4 Å². The van der Waals surface area contributed by atoms with E-state index in [9.17, 15) is 9.59 Å². The van der Waals surface area contributed by atoms with Gasteiger partial charge in [-0.15, -0.1) is 0 Å². The molecule has 7 atom stereocenters. The first-order valence-electron chi connectivity index (χ1n) is 11.2. The summed E-state index contributed by atoms with van der Waals surface area (Å²) in [5, 5.41) is 3.79. The monoisotopic (exact) mass is 383 g/mol. The molecule has 4 heteroatoms. The summed E-state index contributed by atoms with van der Waals surface area (Å²) in [7, 11) is 1.52. The first-order valence-corrected chi connectivity index (χ1v) is 11.2. The van der Waals surface area contributed by atoms with Gasteiger partial charge in [0.05, 0.1) is 13.0 Å². The van der Waals surface area contributed by atoms with Gasteiger partial charge < -0.3 is 10.1 Å². The van der Waals surface area contributed by atoms with Crippen LogP contribution in [0.5, 0.6) is 0 Å². The Balaban J connectivity index is 1.54. The number of allylic oxidation sites excluding steroid dienone is 2. The second-order valence-electron chi connectivity index (χ2n) is 10.3. The van der Waals surface area contributed by atoms with E-state index in [1.807, 2.05) is 6.08 Å². The van der Waals surface area contributed by atoms with Gasteiger partial charge >= 0.3 is 5.97 Å². The van der Waals surface area contributed by atoms with Gasteiger partial charge in [-0.05, 0) is 86.5 Å². The van der Waals surface area contributed by atoms with Crippen molar-refractivity contribution in [1.82, 2.24) is 5.32 Å². The summed E-state index contributed by atoms with van der Waals surface area (Å²) in [6.45, 7) is 6.57. The average molecular weight is 384 g/mol. The summed E-state index contributed by atoms with van der Waals surface area (Å²) in [4.78, 5) is 25.0. The van der Waals surface area contributed by atoms with Crippen molar-refractivity contribution in [2.24, 2.45) is 35.0 Å². The normalized spacial score (nSPS) is 47.1. The van der Waals surface area contributed by atoms with Crippen LogP contribution in [0.4, 0.5) is 0 Å². The summed E-state index contributed by atoms with van der Waals surface area (Å²) >= 11 is 0. The van der Waals surface area contributed by atoms with Crippen molar-refractivity contribution in [1.29, 1.82) is 0 Å². The van der Waals surface area contributed by atoms with E-state index in [0.29, 0.717) is 36.5 Å². The average Bonchev–Trinajstić information content (AvgIpc) is 3.24. The van der Waals surface area contributed by atoms with Crippen LogP contribution in [0.15, 0.2) is 23.9 Å². The van der Waals surface area contributed by atoms with E-state index in [-0.39, 0.29) is 28.6 Å². The van der Waals surface area contributed by atoms with Gasteiger partial charge in [0.2, 0.25) is 0 Å². The largest absolute Gasteiger partial charge is 0.469 e. The Morgan fingerprint density at radius 3 is 2.68 bits per heavy atom. The van der Waals surface area contributed by atoms with Crippen molar-refractivity contribution < 1.29 is 14.3 Å². The van der Waals surface area contributed by atoms with E-state index in [4.69, 9.17) is 4.74 Å². The van der Waals surface area contributed by atoms with Gasteiger partial charge in [0.1, 0.15) is 0 Å². The minimum atomic E-state index is -0.0900. The van der Waals surface area contributed by atoms with Crippen molar-refractivity contribution in [2.75, 3.05) is 7.11 Å². The van der Waals surface area contributed by atoms with Crippen molar-refractivity contribution in [3.63, 3.8) is 0 Å². The number of ketones is 1. The van der Waals surface area contributed by atoms with E-state index in [2.05, 4.69) is 18.8 Å². The number of esters is 1. The highest BCUT2D eigenvalue weighted by molar-refractivity contribution is 5.92. The fourth-order valence-electron chi connectivity index (χ4n) is 8.12. The van der Waals surface area contributed by atoms with Gasteiger partial charge in [-0.3, -0.25) is 9.59 Å². The number of carbonyl (C=O) groups excluding carboxylic acids is 2. The molecule has 0 amide bonds. The van der Waals surface area contributed by atoms with Crippen LogP contribution < -0.4 is 5.32 Å². The van der Waals surface area contributed by atoms with Gasteiger partial charge in [0.25, 0.3) is 0 Å². The lowest BCUT2D eigenvalue weighted by atomic mass is 9.46. The van der Waals surface area contributed by atoms with Crippen LogP contribution in [0, 0.1) is 35.0 Å². The fourth-order valence-corrected chi connectivity index (χ4v) is 8.12. The third kappa shape index (κ3) is 2.42. The molecule has 1 spiro atoms. The number of carbonyl (C=O) groups is 2. The van der Waals surface area contributed by atoms with Crippen LogP contribution in [0.25, 0.3) is 0 Å². The third-order valence-corrected chi connectivity index (χ3v) is 9.38. The second-order valence-corrected chi connectivity index (χ2v) is 10.3. The molecule has 1 saturated heterocycles. The molecule has 4 fully saturated rings. The predicted molar refractivity (Wildman–Crippen MR) is 107 cm³/mol. The Morgan fingerprint density at radius 2 is 1.96 bits per heavy atom. The number of hydrogen-bond acceptors (Lipinski definition) is 4. The van der Waals surface area contributed by atoms with Crippen molar-refractivity contribution in [3.05, 3.63) is 23.9 Å². The Hall–Kier alpha value is -1.58. The molecule has 4 aliphatic carbocycles. The standard InChI is InChI=1S/C24H33NO3/c1-14-6-10-24(25-14)11-8-17-19(24)4-5-20-21(17)18(22(27)28-3)13-15-12-16(26)7-9-23(15,20)2/h12,17-21,25H,1,4-11,13H2,2-3H3/t17?,18?,19?,20?,21?,23?,24-/m1/s1. The SMILES string of the molecule is C=C1CC[C@]2(CCC3C4C(C(=O)OC)CC5=CC(=O)CCC5(C)C4CCC32)N1. The summed E-state index contributed by atoms with van der Waals surface area (Å²) in [5.74, 6) is 2.17. The van der Waals surface area contributed by atoms with E-state index < -0.39 is 0 Å². The van der Waals surface area contributed by atoms with Crippen LogP contribution in [0.1, 0.15) is 64.7 Å². The van der Waals surface area contributed by atoms with Gasteiger partial charge in [0, 0.05) is 17.7 Å². The number of ether oxygens (including phenoxy) is 1. The molecular formula is C24H33NO3. The zero-order valence-corrected chi connectivity index (χ0v) is 17.3. The molecule has 0 aromatic carbocycles. The number of fused-ring (bicyclic) bond motifs is 6. The molecule has 0 bridgehead atoms. The molecule has 3 saturated carbocycles. The molecule has 1 heterocycles. The van der Waals surface area contributed by atoms with E-state index >= 15 is 0 Å². The zero-order chi connectivity index (χ0) is 19.7. The minimum absolute atomic E-state index is 0.0682. The molecule has 0 aromatic heterocycles. The van der Waals surface area contributed by atoms with Crippen molar-refractivity contribution >= 4 is 11.8 Å². The minimum Gasteiger partial charge on any atom is -0.469 e. The lowest BCUT2D eigenvalue weighted by Gasteiger charge is -2.58. The van der Waals surface area contributed by atoms with Gasteiger partial charge in [0.15, 0.2) is 5.78 Å². The number of hydrogen-bond donors (Lipinski definition) is 1. The molecule has 0 aromatic rings.